The van der Waals surface area contributed by atoms with Crippen molar-refractivity contribution in [2.45, 2.75) is 40.0 Å². The Morgan fingerprint density at radius 2 is 2.00 bits per heavy atom. The molecule has 3 nitrogen and oxygen atoms in total. The molecule has 2 aliphatic rings. The molecule has 0 unspecified atom stereocenters. The Morgan fingerprint density at radius 1 is 1.32 bits per heavy atom. The third-order valence-corrected chi connectivity index (χ3v) is 4.36. The summed E-state index contributed by atoms with van der Waals surface area (Å²) in [5.41, 5.74) is 3.02. The van der Waals surface area contributed by atoms with E-state index in [1.807, 2.05) is 4.90 Å². The lowest BCUT2D eigenvalue weighted by Crippen LogP contribution is -2.45. The third kappa shape index (κ3) is 3.47. The van der Waals surface area contributed by atoms with E-state index in [2.05, 4.69) is 32.2 Å². The average molecular weight is 262 g/mol. The van der Waals surface area contributed by atoms with E-state index < -0.39 is 0 Å². The summed E-state index contributed by atoms with van der Waals surface area (Å²) < 4.78 is 0. The van der Waals surface area contributed by atoms with Gasteiger partial charge in [0.2, 0.25) is 5.91 Å². The highest BCUT2D eigenvalue weighted by Gasteiger charge is 2.26. The topological polar surface area (TPSA) is 32.3 Å². The first kappa shape index (κ1) is 14.3. The van der Waals surface area contributed by atoms with Gasteiger partial charge in [0.05, 0.1) is 0 Å². The summed E-state index contributed by atoms with van der Waals surface area (Å²) in [7, 11) is 0. The van der Waals surface area contributed by atoms with Crippen LogP contribution >= 0.6 is 0 Å². The van der Waals surface area contributed by atoms with Crippen LogP contribution in [0.2, 0.25) is 0 Å². The number of piperazine rings is 1. The van der Waals surface area contributed by atoms with Gasteiger partial charge in [0.1, 0.15) is 0 Å². The SMILES string of the molecule is CC1=C(/C=C/C(=O)N2CCNCC2)C(C)(C)CCC1. The van der Waals surface area contributed by atoms with Crippen LogP contribution in [0.4, 0.5) is 0 Å². The third-order valence-electron chi connectivity index (χ3n) is 4.36. The molecular weight excluding hydrogens is 236 g/mol. The van der Waals surface area contributed by atoms with Crippen molar-refractivity contribution in [3.05, 3.63) is 23.3 Å². The average Bonchev–Trinajstić information content (AvgIpc) is 2.38. The van der Waals surface area contributed by atoms with Crippen LogP contribution in [0.5, 0.6) is 0 Å². The van der Waals surface area contributed by atoms with Gasteiger partial charge in [-0.05, 0) is 37.2 Å². The number of carbonyl (C=O) groups excluding carboxylic acids is 1. The minimum atomic E-state index is 0.156. The Kier molecular flexibility index (Phi) is 4.46. The molecule has 1 aliphatic heterocycles. The Labute approximate surface area is 116 Å². The minimum absolute atomic E-state index is 0.156. The van der Waals surface area contributed by atoms with E-state index in [1.165, 1.54) is 30.4 Å². The summed E-state index contributed by atoms with van der Waals surface area (Å²) >= 11 is 0. The van der Waals surface area contributed by atoms with E-state index in [9.17, 15) is 4.79 Å². The van der Waals surface area contributed by atoms with E-state index in [4.69, 9.17) is 0 Å². The number of carbonyl (C=O) groups is 1. The molecule has 19 heavy (non-hydrogen) atoms. The highest BCUT2D eigenvalue weighted by Crippen LogP contribution is 2.40. The van der Waals surface area contributed by atoms with E-state index in [-0.39, 0.29) is 11.3 Å². The molecule has 3 heteroatoms. The van der Waals surface area contributed by atoms with Gasteiger partial charge in [0.15, 0.2) is 0 Å². The van der Waals surface area contributed by atoms with Crippen LogP contribution in [-0.4, -0.2) is 37.0 Å². The first-order valence-electron chi connectivity index (χ1n) is 7.39. The number of amides is 1. The van der Waals surface area contributed by atoms with Crippen molar-refractivity contribution in [3.63, 3.8) is 0 Å². The van der Waals surface area contributed by atoms with Crippen LogP contribution in [-0.2, 0) is 4.79 Å². The van der Waals surface area contributed by atoms with Crippen molar-refractivity contribution >= 4 is 5.91 Å². The fraction of sp³-hybridized carbons (Fsp3) is 0.688. The maximum atomic E-state index is 12.1. The highest BCUT2D eigenvalue weighted by molar-refractivity contribution is 5.88. The quantitative estimate of drug-likeness (QED) is 0.776. The largest absolute Gasteiger partial charge is 0.337 e. The monoisotopic (exact) mass is 262 g/mol. The Hall–Kier alpha value is -1.09. The molecule has 0 spiro atoms. The van der Waals surface area contributed by atoms with Gasteiger partial charge in [-0.1, -0.05) is 25.5 Å². The molecule has 0 saturated carbocycles. The zero-order chi connectivity index (χ0) is 13.9. The van der Waals surface area contributed by atoms with Gasteiger partial charge in [-0.2, -0.15) is 0 Å². The Morgan fingerprint density at radius 3 is 2.63 bits per heavy atom. The van der Waals surface area contributed by atoms with Gasteiger partial charge < -0.3 is 10.2 Å². The summed E-state index contributed by atoms with van der Waals surface area (Å²) in [6.07, 6.45) is 7.49. The second-order valence-corrected chi connectivity index (χ2v) is 6.34. The van der Waals surface area contributed by atoms with Crippen LogP contribution < -0.4 is 5.32 Å². The van der Waals surface area contributed by atoms with E-state index in [0.29, 0.717) is 0 Å². The summed E-state index contributed by atoms with van der Waals surface area (Å²) in [5.74, 6) is 0.156. The number of allylic oxidation sites excluding steroid dienone is 3. The molecule has 1 amide bonds. The van der Waals surface area contributed by atoms with Gasteiger partial charge in [0, 0.05) is 32.3 Å². The fourth-order valence-electron chi connectivity index (χ4n) is 3.16. The minimum Gasteiger partial charge on any atom is -0.337 e. The number of nitrogens with zero attached hydrogens (tertiary/aromatic N) is 1. The maximum Gasteiger partial charge on any atom is 0.246 e. The lowest BCUT2D eigenvalue weighted by molar-refractivity contribution is -0.126. The maximum absolute atomic E-state index is 12.1. The molecule has 0 aromatic carbocycles. The molecule has 0 aromatic rings. The van der Waals surface area contributed by atoms with Crippen LogP contribution in [0.15, 0.2) is 23.3 Å². The van der Waals surface area contributed by atoms with Crippen LogP contribution in [0, 0.1) is 5.41 Å². The Bertz CT molecular complexity index is 401. The van der Waals surface area contributed by atoms with Gasteiger partial charge >= 0.3 is 0 Å². The predicted octanol–water partition coefficient (Wildman–Crippen LogP) is 2.50. The molecule has 1 N–H and O–H groups in total. The molecule has 106 valence electrons. The zero-order valence-corrected chi connectivity index (χ0v) is 12.5. The van der Waals surface area contributed by atoms with Crippen LogP contribution in [0.3, 0.4) is 0 Å². The smallest absolute Gasteiger partial charge is 0.246 e. The van der Waals surface area contributed by atoms with Gasteiger partial charge in [-0.15, -0.1) is 0 Å². The van der Waals surface area contributed by atoms with Crippen molar-refractivity contribution in [2.75, 3.05) is 26.2 Å². The zero-order valence-electron chi connectivity index (χ0n) is 12.5. The second kappa shape index (κ2) is 5.91. The summed E-state index contributed by atoms with van der Waals surface area (Å²) in [6.45, 7) is 10.2. The Balaban J connectivity index is 2.06. The number of hydrogen-bond donors (Lipinski definition) is 1. The highest BCUT2D eigenvalue weighted by atomic mass is 16.2. The molecule has 0 atom stereocenters. The first-order chi connectivity index (χ1) is 9.00. The molecule has 1 heterocycles. The fourth-order valence-corrected chi connectivity index (χ4v) is 3.16. The van der Waals surface area contributed by atoms with E-state index in [0.717, 1.165) is 26.2 Å². The number of nitrogens with one attached hydrogen (secondary N) is 1. The lowest BCUT2D eigenvalue weighted by atomic mass is 9.72. The van der Waals surface area contributed by atoms with Gasteiger partial charge in [0.25, 0.3) is 0 Å². The summed E-state index contributed by atoms with van der Waals surface area (Å²) in [5, 5.41) is 3.27. The van der Waals surface area contributed by atoms with E-state index >= 15 is 0 Å². The molecule has 0 radical (unpaired) electrons. The normalized spacial score (nSPS) is 24.1. The van der Waals surface area contributed by atoms with Crippen molar-refractivity contribution < 1.29 is 4.79 Å². The molecular formula is C16H26N2O. The lowest BCUT2D eigenvalue weighted by Gasteiger charge is -2.33. The van der Waals surface area contributed by atoms with Crippen LogP contribution in [0.1, 0.15) is 40.0 Å². The summed E-state index contributed by atoms with van der Waals surface area (Å²) in [4.78, 5) is 14.1. The number of hydrogen-bond acceptors (Lipinski definition) is 2. The molecule has 1 aliphatic carbocycles. The molecule has 1 fully saturated rings. The van der Waals surface area contributed by atoms with Crippen molar-refractivity contribution in [2.24, 2.45) is 5.41 Å². The van der Waals surface area contributed by atoms with Crippen molar-refractivity contribution in [3.8, 4) is 0 Å². The molecule has 1 saturated heterocycles. The summed E-state index contributed by atoms with van der Waals surface area (Å²) in [6, 6.07) is 0. The molecule has 0 bridgehead atoms. The number of rotatable bonds is 2. The van der Waals surface area contributed by atoms with Gasteiger partial charge in [-0.25, -0.2) is 0 Å². The van der Waals surface area contributed by atoms with Crippen molar-refractivity contribution in [1.29, 1.82) is 0 Å². The van der Waals surface area contributed by atoms with Crippen LogP contribution in [0.25, 0.3) is 0 Å². The van der Waals surface area contributed by atoms with E-state index in [1.54, 1.807) is 6.08 Å². The predicted molar refractivity (Wildman–Crippen MR) is 78.9 cm³/mol. The standard InChI is InChI=1S/C16H26N2O/c1-13-5-4-8-16(2,3)14(13)6-7-15(19)18-11-9-17-10-12-18/h6-7,17H,4-5,8-12H2,1-3H3/b7-6+. The second-order valence-electron chi connectivity index (χ2n) is 6.34. The molecule has 0 aromatic heterocycles. The first-order valence-corrected chi connectivity index (χ1v) is 7.39. The molecule has 2 rings (SSSR count). The van der Waals surface area contributed by atoms with Crippen molar-refractivity contribution in [1.82, 2.24) is 10.2 Å². The van der Waals surface area contributed by atoms with Gasteiger partial charge in [-0.3, -0.25) is 4.79 Å².